The zero-order valence-corrected chi connectivity index (χ0v) is 36.5. The van der Waals surface area contributed by atoms with Crippen molar-refractivity contribution in [1.29, 1.82) is 0 Å². The zero-order chi connectivity index (χ0) is 44.5. The van der Waals surface area contributed by atoms with Gasteiger partial charge < -0.3 is 39.9 Å². The number of nitrogens with zero attached hydrogens (tertiary/aromatic N) is 12. The van der Waals surface area contributed by atoms with Gasteiger partial charge in [-0.3, -0.25) is 9.59 Å². The van der Waals surface area contributed by atoms with Crippen LogP contribution in [0, 0.1) is 0 Å². The van der Waals surface area contributed by atoms with E-state index in [4.69, 9.17) is 14.5 Å². The van der Waals surface area contributed by atoms with Gasteiger partial charge in [-0.1, -0.05) is 55.6 Å². The van der Waals surface area contributed by atoms with Crippen molar-refractivity contribution >= 4 is 53.9 Å². The molecule has 0 saturated carbocycles. The van der Waals surface area contributed by atoms with Crippen LogP contribution in [0.25, 0.3) is 44.2 Å². The average molecular weight is 887 g/mol. The predicted molar refractivity (Wildman–Crippen MR) is 231 cm³/mol. The highest BCUT2D eigenvalue weighted by Crippen LogP contribution is 2.39. The van der Waals surface area contributed by atoms with Gasteiger partial charge in [-0.15, -0.1) is 20.4 Å². The summed E-state index contributed by atoms with van der Waals surface area (Å²) in [7, 11) is 0.611. The molecule has 0 spiro atoms. The van der Waals surface area contributed by atoms with Crippen molar-refractivity contribution in [3.63, 3.8) is 0 Å². The number of alkyl carbamates (subject to hydrolysis) is 2. The fraction of sp³-hybridized carbons (Fsp3) is 0.366. The van der Waals surface area contributed by atoms with Gasteiger partial charge in [0.2, 0.25) is 11.8 Å². The quantitative estimate of drug-likeness (QED) is 0.128. The van der Waals surface area contributed by atoms with Crippen molar-refractivity contribution in [2.24, 2.45) is 0 Å². The molecule has 330 valence electrons. The number of tetrazole rings is 2. The number of hydrogen-bond acceptors (Lipinski definition) is 14. The number of fused-ring (bicyclic) bond motifs is 3. The number of methoxy groups -OCH3 is 2. The van der Waals surface area contributed by atoms with Gasteiger partial charge in [0, 0.05) is 18.1 Å². The van der Waals surface area contributed by atoms with Crippen molar-refractivity contribution in [3.8, 4) is 22.4 Å². The summed E-state index contributed by atoms with van der Waals surface area (Å²) < 4.78 is 9.60. The molecule has 2 aliphatic heterocycles. The minimum absolute atomic E-state index is 0.00606. The number of aromatic nitrogens is 12. The number of likely N-dealkylation sites (tertiary alicyclic amines) is 1. The Kier molecular flexibility index (Phi) is 11.3. The van der Waals surface area contributed by atoms with Crippen LogP contribution in [0.1, 0.15) is 36.6 Å². The number of nitrogens with one attached hydrogen (secondary N) is 4. The molecule has 6 heterocycles. The van der Waals surface area contributed by atoms with Gasteiger partial charge in [0.25, 0.3) is 0 Å². The lowest BCUT2D eigenvalue weighted by Gasteiger charge is -2.28. The first kappa shape index (κ1) is 41.8. The van der Waals surface area contributed by atoms with Crippen molar-refractivity contribution in [2.75, 3.05) is 26.9 Å². The Morgan fingerprint density at radius 3 is 2.06 bits per heavy atom. The molecule has 2 fully saturated rings. The lowest BCUT2D eigenvalue weighted by Crippen LogP contribution is -2.51. The van der Waals surface area contributed by atoms with E-state index < -0.39 is 32.3 Å². The van der Waals surface area contributed by atoms with Gasteiger partial charge in [-0.2, -0.15) is 9.59 Å². The van der Waals surface area contributed by atoms with Crippen LogP contribution < -0.4 is 10.6 Å². The number of ether oxygens (including phenoxy) is 2. The molecule has 0 unspecified atom stereocenters. The third-order valence-electron chi connectivity index (χ3n) is 11.8. The summed E-state index contributed by atoms with van der Waals surface area (Å²) in [5, 5.41) is 30.5. The van der Waals surface area contributed by atoms with Crippen LogP contribution in [0.4, 0.5) is 9.59 Å². The molecule has 0 aliphatic carbocycles. The SMILES string of the molecule is COC(=O)N[C@@H](Cn1ncnn1)C(=O)N1CCC[C@H]1c1ncc(-c2ccc(-c3ccc4c(ccc5nc([C@@H]6C[Si](C)(C)CN6C(=O)[C@H](Cn6ncnn6)NC(=O)OC)[nH]c54)c3)cc2)[nH]1. The summed E-state index contributed by atoms with van der Waals surface area (Å²) in [6.45, 7) is 4.97. The Hall–Kier alpha value is -7.56. The maximum Gasteiger partial charge on any atom is 0.407 e. The summed E-state index contributed by atoms with van der Waals surface area (Å²) in [5.41, 5.74) is 5.47. The molecule has 23 heteroatoms. The van der Waals surface area contributed by atoms with Crippen LogP contribution in [-0.4, -0.2) is 141 Å². The first-order valence-electron chi connectivity index (χ1n) is 20.8. The molecule has 2 saturated heterocycles. The molecular formula is C41H46N16O6Si. The third kappa shape index (κ3) is 8.47. The van der Waals surface area contributed by atoms with Gasteiger partial charge >= 0.3 is 12.2 Å². The van der Waals surface area contributed by atoms with E-state index in [1.54, 1.807) is 11.1 Å². The highest BCUT2D eigenvalue weighted by Gasteiger charge is 2.46. The molecule has 4 N–H and O–H groups in total. The second-order valence-electron chi connectivity index (χ2n) is 16.7. The Morgan fingerprint density at radius 1 is 0.781 bits per heavy atom. The number of H-pyrrole nitrogens is 2. The van der Waals surface area contributed by atoms with Crippen molar-refractivity contribution in [3.05, 3.63) is 85.1 Å². The summed E-state index contributed by atoms with van der Waals surface area (Å²) >= 11 is 0. The maximum atomic E-state index is 14.2. The highest BCUT2D eigenvalue weighted by molar-refractivity contribution is 6.78. The van der Waals surface area contributed by atoms with E-state index in [-0.39, 0.29) is 37.0 Å². The first-order chi connectivity index (χ1) is 31.0. The number of hydrogen-bond donors (Lipinski definition) is 4. The molecule has 4 atom stereocenters. The van der Waals surface area contributed by atoms with Crippen LogP contribution in [0.3, 0.4) is 0 Å². The molecule has 9 rings (SSSR count). The van der Waals surface area contributed by atoms with Gasteiger partial charge in [-0.05, 0) is 63.5 Å². The largest absolute Gasteiger partial charge is 0.453 e. The highest BCUT2D eigenvalue weighted by atomic mass is 28.3. The second kappa shape index (κ2) is 17.3. The third-order valence-corrected chi connectivity index (χ3v) is 14.5. The smallest absolute Gasteiger partial charge is 0.407 e. The van der Waals surface area contributed by atoms with Crippen LogP contribution in [0.5, 0.6) is 0 Å². The van der Waals surface area contributed by atoms with Gasteiger partial charge in [-0.25, -0.2) is 19.6 Å². The van der Waals surface area contributed by atoms with Gasteiger partial charge in [0.05, 0.1) is 70.4 Å². The summed E-state index contributed by atoms with van der Waals surface area (Å²) in [6.07, 6.45) is 4.91. The Labute approximate surface area is 366 Å². The van der Waals surface area contributed by atoms with Crippen molar-refractivity contribution in [1.82, 2.24) is 80.8 Å². The predicted octanol–water partition coefficient (Wildman–Crippen LogP) is 3.39. The lowest BCUT2D eigenvalue weighted by atomic mass is 9.99. The number of carbonyl (C=O) groups excluding carboxylic acids is 4. The molecule has 3 aromatic carbocycles. The number of rotatable bonds is 12. The summed E-state index contributed by atoms with van der Waals surface area (Å²) in [4.78, 5) is 75.2. The monoisotopic (exact) mass is 886 g/mol. The number of benzene rings is 3. The maximum absolute atomic E-state index is 14.2. The number of carbonyl (C=O) groups is 4. The molecule has 64 heavy (non-hydrogen) atoms. The molecule has 4 amide bonds. The lowest BCUT2D eigenvalue weighted by molar-refractivity contribution is -0.135. The van der Waals surface area contributed by atoms with E-state index in [0.29, 0.717) is 30.8 Å². The van der Waals surface area contributed by atoms with Crippen LogP contribution >= 0.6 is 0 Å². The summed E-state index contributed by atoms with van der Waals surface area (Å²) in [6, 6.07) is 16.8. The number of amides is 4. The molecule has 2 aliphatic rings. The number of imidazole rings is 2. The molecule has 7 aromatic rings. The van der Waals surface area contributed by atoms with E-state index in [9.17, 15) is 19.2 Å². The molecular weight excluding hydrogens is 841 g/mol. The molecule has 4 aromatic heterocycles. The Bertz CT molecular complexity index is 2810. The topological polar surface area (TPSA) is 262 Å². The molecule has 22 nitrogen and oxygen atoms in total. The fourth-order valence-corrected chi connectivity index (χ4v) is 11.7. The standard InChI is InChI=1S/C41H46N16O6Si/c1-62-40(60)49-31(18-56-45-21-43-52-56)38(58)54-15-5-6-33(54)36-42-17-30(48-36)25-9-7-24(8-10-25)26-11-13-28-27(16-26)12-14-29-35(28)51-37(47-29)34-20-64(3,4)23-55(34)39(59)32(50-41(61)63-2)19-57-46-22-44-53-57/h7-14,16-17,21-22,31-34H,5-6,15,18-20,23H2,1-4H3,(H,42,48)(H,47,51)(H,49,60)(H,50,61)/t31-,32-,33-,34-/m0/s1. The van der Waals surface area contributed by atoms with Crippen LogP contribution in [0.2, 0.25) is 19.1 Å². The van der Waals surface area contributed by atoms with E-state index in [1.807, 2.05) is 23.1 Å². The summed E-state index contributed by atoms with van der Waals surface area (Å²) in [5.74, 6) is 0.778. The Morgan fingerprint density at radius 2 is 1.42 bits per heavy atom. The minimum atomic E-state index is -1.88. The van der Waals surface area contributed by atoms with E-state index >= 15 is 0 Å². The van der Waals surface area contributed by atoms with Crippen molar-refractivity contribution < 1.29 is 28.7 Å². The minimum Gasteiger partial charge on any atom is -0.453 e. The van der Waals surface area contributed by atoms with Crippen molar-refractivity contribution in [2.45, 2.75) is 69.2 Å². The first-order valence-corrected chi connectivity index (χ1v) is 24.2. The number of aromatic amines is 2. The van der Waals surface area contributed by atoms with E-state index in [2.05, 4.69) is 106 Å². The van der Waals surface area contributed by atoms with Crippen LogP contribution in [0.15, 0.2) is 73.4 Å². The van der Waals surface area contributed by atoms with Gasteiger partial charge in [0.15, 0.2) is 12.7 Å². The normalized spacial score (nSPS) is 18.0. The molecule has 0 radical (unpaired) electrons. The van der Waals surface area contributed by atoms with Gasteiger partial charge in [0.1, 0.15) is 23.7 Å². The van der Waals surface area contributed by atoms with E-state index in [0.717, 1.165) is 56.7 Å². The second-order valence-corrected chi connectivity index (χ2v) is 21.7. The van der Waals surface area contributed by atoms with E-state index in [1.165, 1.54) is 36.5 Å². The average Bonchev–Trinajstić information content (AvgIpc) is 4.17. The zero-order valence-electron chi connectivity index (χ0n) is 35.5. The Balaban J connectivity index is 0.916. The van der Waals surface area contributed by atoms with Crippen LogP contribution in [-0.2, 0) is 32.2 Å². The fourth-order valence-electron chi connectivity index (χ4n) is 8.77. The molecule has 0 bridgehead atoms.